The molecular formula is C17H31IN4O2. The van der Waals surface area contributed by atoms with Crippen molar-refractivity contribution < 1.29 is 9.47 Å². The standard InChI is InChI=1S/C17H30N4O2.HI/c1-7-18-17(19-10-11-21(4)13(2)3)20-14-8-9-15(22-5)16(12-14)23-6;/h8-9,12-13H,7,10-11H2,1-6H3,(H2,18,19,20);1H. The Kier molecular flexibility index (Phi) is 11.6. The molecule has 0 atom stereocenters. The molecule has 0 unspecified atom stereocenters. The van der Waals surface area contributed by atoms with Crippen LogP contribution in [0, 0.1) is 0 Å². The third kappa shape index (κ3) is 7.57. The Bertz CT molecular complexity index is 509. The van der Waals surface area contributed by atoms with Crippen molar-refractivity contribution in [2.45, 2.75) is 26.8 Å². The van der Waals surface area contributed by atoms with Gasteiger partial charge >= 0.3 is 0 Å². The van der Waals surface area contributed by atoms with E-state index in [1.807, 2.05) is 25.1 Å². The second-order valence-electron chi connectivity index (χ2n) is 5.53. The van der Waals surface area contributed by atoms with E-state index in [0.717, 1.165) is 31.3 Å². The molecule has 24 heavy (non-hydrogen) atoms. The molecule has 0 aliphatic rings. The highest BCUT2D eigenvalue weighted by Gasteiger charge is 2.07. The van der Waals surface area contributed by atoms with E-state index in [1.165, 1.54) is 0 Å². The van der Waals surface area contributed by atoms with E-state index in [1.54, 1.807) is 14.2 Å². The van der Waals surface area contributed by atoms with E-state index in [0.29, 0.717) is 17.5 Å². The average Bonchev–Trinajstić information content (AvgIpc) is 2.54. The lowest BCUT2D eigenvalue weighted by atomic mass is 10.3. The van der Waals surface area contributed by atoms with Crippen molar-refractivity contribution in [3.8, 4) is 11.5 Å². The number of likely N-dealkylation sites (N-methyl/N-ethyl adjacent to an activating group) is 1. The number of benzene rings is 1. The molecule has 138 valence electrons. The molecule has 0 aromatic heterocycles. The van der Waals surface area contributed by atoms with Crippen molar-refractivity contribution in [2.24, 2.45) is 4.99 Å². The van der Waals surface area contributed by atoms with E-state index in [2.05, 4.69) is 41.4 Å². The van der Waals surface area contributed by atoms with Gasteiger partial charge < -0.3 is 25.0 Å². The van der Waals surface area contributed by atoms with Gasteiger partial charge in [-0.3, -0.25) is 4.99 Å². The van der Waals surface area contributed by atoms with E-state index in [9.17, 15) is 0 Å². The molecule has 0 spiro atoms. The minimum Gasteiger partial charge on any atom is -0.493 e. The second-order valence-corrected chi connectivity index (χ2v) is 5.53. The maximum atomic E-state index is 5.33. The van der Waals surface area contributed by atoms with Crippen molar-refractivity contribution in [2.75, 3.05) is 46.2 Å². The molecule has 1 aromatic rings. The number of nitrogens with zero attached hydrogens (tertiary/aromatic N) is 2. The molecule has 0 heterocycles. The lowest BCUT2D eigenvalue weighted by molar-refractivity contribution is 0.282. The number of anilines is 1. The van der Waals surface area contributed by atoms with Gasteiger partial charge in [-0.25, -0.2) is 0 Å². The predicted molar refractivity (Wildman–Crippen MR) is 112 cm³/mol. The molecule has 0 saturated heterocycles. The van der Waals surface area contributed by atoms with Gasteiger partial charge in [0.15, 0.2) is 17.5 Å². The number of hydrogen-bond donors (Lipinski definition) is 2. The van der Waals surface area contributed by atoms with Crippen LogP contribution in [0.4, 0.5) is 5.69 Å². The molecule has 0 aliphatic carbocycles. The molecule has 0 amide bonds. The summed E-state index contributed by atoms with van der Waals surface area (Å²) < 4.78 is 10.6. The van der Waals surface area contributed by atoms with E-state index in [-0.39, 0.29) is 24.0 Å². The van der Waals surface area contributed by atoms with Crippen LogP contribution in [-0.2, 0) is 0 Å². The van der Waals surface area contributed by atoms with Gasteiger partial charge in [-0.05, 0) is 40.0 Å². The summed E-state index contributed by atoms with van der Waals surface area (Å²) in [5, 5.41) is 6.54. The summed E-state index contributed by atoms with van der Waals surface area (Å²) >= 11 is 0. The Labute approximate surface area is 163 Å². The van der Waals surface area contributed by atoms with Gasteiger partial charge in [0.2, 0.25) is 0 Å². The van der Waals surface area contributed by atoms with E-state index >= 15 is 0 Å². The molecule has 0 saturated carbocycles. The van der Waals surface area contributed by atoms with Crippen LogP contribution in [0.25, 0.3) is 0 Å². The molecule has 0 aliphatic heterocycles. The van der Waals surface area contributed by atoms with Gasteiger partial charge in [-0.1, -0.05) is 0 Å². The normalized spacial score (nSPS) is 11.2. The molecular weight excluding hydrogens is 419 g/mol. The fraction of sp³-hybridized carbons (Fsp3) is 0.588. The first-order chi connectivity index (χ1) is 11.0. The fourth-order valence-electron chi connectivity index (χ4n) is 1.94. The zero-order valence-electron chi connectivity index (χ0n) is 15.5. The van der Waals surface area contributed by atoms with Crippen LogP contribution in [-0.4, -0.2) is 57.8 Å². The predicted octanol–water partition coefficient (Wildman–Crippen LogP) is 3.04. The molecule has 0 bridgehead atoms. The van der Waals surface area contributed by atoms with Gasteiger partial charge in [0, 0.05) is 30.9 Å². The first-order valence-corrected chi connectivity index (χ1v) is 7.99. The highest BCUT2D eigenvalue weighted by molar-refractivity contribution is 14.0. The summed E-state index contributed by atoms with van der Waals surface area (Å²) in [7, 11) is 5.36. The summed E-state index contributed by atoms with van der Waals surface area (Å²) in [4.78, 5) is 6.88. The first kappa shape index (κ1) is 22.8. The Hall–Kier alpha value is -1.22. The SMILES string of the molecule is CCNC(=NCCN(C)C(C)C)Nc1ccc(OC)c(OC)c1.I. The number of guanidine groups is 1. The minimum absolute atomic E-state index is 0. The van der Waals surface area contributed by atoms with Gasteiger partial charge in [-0.2, -0.15) is 0 Å². The van der Waals surface area contributed by atoms with Crippen LogP contribution in [0.2, 0.25) is 0 Å². The van der Waals surface area contributed by atoms with Gasteiger partial charge in [0.05, 0.1) is 20.8 Å². The number of rotatable bonds is 8. The number of methoxy groups -OCH3 is 2. The quantitative estimate of drug-likeness (QED) is 0.362. The summed E-state index contributed by atoms with van der Waals surface area (Å²) in [6.07, 6.45) is 0. The average molecular weight is 450 g/mol. The third-order valence-corrected chi connectivity index (χ3v) is 3.59. The maximum absolute atomic E-state index is 5.33. The molecule has 0 radical (unpaired) electrons. The summed E-state index contributed by atoms with van der Waals surface area (Å²) in [6, 6.07) is 6.23. The highest BCUT2D eigenvalue weighted by atomic mass is 127. The van der Waals surface area contributed by atoms with Crippen LogP contribution in [0.5, 0.6) is 11.5 Å². The zero-order valence-corrected chi connectivity index (χ0v) is 17.9. The van der Waals surface area contributed by atoms with Gasteiger partial charge in [0.25, 0.3) is 0 Å². The largest absolute Gasteiger partial charge is 0.493 e. The molecule has 6 nitrogen and oxygen atoms in total. The van der Waals surface area contributed by atoms with E-state index in [4.69, 9.17) is 9.47 Å². The number of hydrogen-bond acceptors (Lipinski definition) is 4. The summed E-state index contributed by atoms with van der Waals surface area (Å²) in [6.45, 7) is 8.86. The third-order valence-electron chi connectivity index (χ3n) is 3.59. The van der Waals surface area contributed by atoms with Crippen LogP contribution in [0.1, 0.15) is 20.8 Å². The van der Waals surface area contributed by atoms with Gasteiger partial charge in [-0.15, -0.1) is 24.0 Å². The first-order valence-electron chi connectivity index (χ1n) is 7.99. The number of halogens is 1. The highest BCUT2D eigenvalue weighted by Crippen LogP contribution is 2.29. The molecule has 2 N–H and O–H groups in total. The smallest absolute Gasteiger partial charge is 0.195 e. The van der Waals surface area contributed by atoms with Crippen molar-refractivity contribution in [1.29, 1.82) is 0 Å². The second kappa shape index (κ2) is 12.2. The Morgan fingerprint density at radius 2 is 1.88 bits per heavy atom. The minimum atomic E-state index is 0. The zero-order chi connectivity index (χ0) is 17.2. The summed E-state index contributed by atoms with van der Waals surface area (Å²) in [5.41, 5.74) is 0.902. The molecule has 7 heteroatoms. The molecule has 0 fully saturated rings. The van der Waals surface area contributed by atoms with E-state index < -0.39 is 0 Å². The monoisotopic (exact) mass is 450 g/mol. The Balaban J connectivity index is 0.00000529. The van der Waals surface area contributed by atoms with Crippen molar-refractivity contribution >= 4 is 35.6 Å². The number of aliphatic imine (C=N–C) groups is 1. The van der Waals surface area contributed by atoms with Crippen molar-refractivity contribution in [3.63, 3.8) is 0 Å². The van der Waals surface area contributed by atoms with Crippen molar-refractivity contribution in [3.05, 3.63) is 18.2 Å². The van der Waals surface area contributed by atoms with Gasteiger partial charge in [0.1, 0.15) is 0 Å². The topological polar surface area (TPSA) is 58.1 Å². The maximum Gasteiger partial charge on any atom is 0.195 e. The van der Waals surface area contributed by atoms with Crippen LogP contribution in [0.3, 0.4) is 0 Å². The molecule has 1 rings (SSSR count). The van der Waals surface area contributed by atoms with Crippen LogP contribution >= 0.6 is 24.0 Å². The van der Waals surface area contributed by atoms with Crippen LogP contribution < -0.4 is 20.1 Å². The number of ether oxygens (including phenoxy) is 2. The Morgan fingerprint density at radius 3 is 2.42 bits per heavy atom. The van der Waals surface area contributed by atoms with Crippen molar-refractivity contribution in [1.82, 2.24) is 10.2 Å². The Morgan fingerprint density at radius 1 is 1.21 bits per heavy atom. The lowest BCUT2D eigenvalue weighted by Gasteiger charge is -2.20. The summed E-state index contributed by atoms with van der Waals surface area (Å²) in [5.74, 6) is 2.16. The number of nitrogens with one attached hydrogen (secondary N) is 2. The molecule has 1 aromatic carbocycles. The van der Waals surface area contributed by atoms with Crippen LogP contribution in [0.15, 0.2) is 23.2 Å². The lowest BCUT2D eigenvalue weighted by Crippen LogP contribution is -2.33. The fourth-order valence-corrected chi connectivity index (χ4v) is 1.94.